The summed E-state index contributed by atoms with van der Waals surface area (Å²) in [4.78, 5) is 25.1. The zero-order chi connectivity index (χ0) is 14.7. The molecule has 0 bridgehead atoms. The summed E-state index contributed by atoms with van der Waals surface area (Å²) in [6.45, 7) is 3.77. The Bertz CT molecular complexity index is 491. The van der Waals surface area contributed by atoms with Crippen molar-refractivity contribution in [1.82, 2.24) is 5.32 Å². The second kappa shape index (κ2) is 6.31. The smallest absolute Gasteiger partial charge is 0.328 e. The minimum absolute atomic E-state index is 0.000165. The van der Waals surface area contributed by atoms with Crippen molar-refractivity contribution in [2.75, 3.05) is 7.11 Å². The summed E-state index contributed by atoms with van der Waals surface area (Å²) in [6, 6.07) is 7.42. The minimum Gasteiger partial charge on any atom is -0.467 e. The highest BCUT2D eigenvalue weighted by Crippen LogP contribution is 2.36. The molecule has 0 fully saturated rings. The first kappa shape index (κ1) is 14.9. The Hall–Kier alpha value is -1.49. The van der Waals surface area contributed by atoms with E-state index in [4.69, 9.17) is 4.74 Å². The number of amides is 1. The number of benzene rings is 1. The Kier molecular flexibility index (Phi) is 4.70. The van der Waals surface area contributed by atoms with Gasteiger partial charge >= 0.3 is 5.97 Å². The predicted molar refractivity (Wildman–Crippen MR) is 78.6 cm³/mol. The Morgan fingerprint density at radius 3 is 2.65 bits per heavy atom. The van der Waals surface area contributed by atoms with Crippen LogP contribution in [0.15, 0.2) is 29.2 Å². The molecule has 0 spiro atoms. The van der Waals surface area contributed by atoms with Crippen LogP contribution in [0.3, 0.4) is 0 Å². The third kappa shape index (κ3) is 3.15. The predicted octanol–water partition coefficient (Wildman–Crippen LogP) is 2.02. The van der Waals surface area contributed by atoms with Gasteiger partial charge in [-0.3, -0.25) is 4.79 Å². The lowest BCUT2D eigenvalue weighted by Crippen LogP contribution is -2.48. The average Bonchev–Trinajstić information content (AvgIpc) is 2.87. The van der Waals surface area contributed by atoms with Crippen molar-refractivity contribution in [3.63, 3.8) is 0 Å². The molecule has 1 aliphatic heterocycles. The standard InChI is InChI=1S/C15H19NO3S/c1-9(2)13(15(18)19-3)16-14(17)12-8-10-6-4-5-7-11(10)20-12/h4-7,9,12-13H,8H2,1-3H3,(H,16,17). The Balaban J connectivity index is 2.01. The lowest BCUT2D eigenvalue weighted by atomic mass is 10.0. The number of carbonyl (C=O) groups is 2. The molecule has 1 aromatic rings. The molecular formula is C15H19NO3S. The highest BCUT2D eigenvalue weighted by molar-refractivity contribution is 8.01. The molecule has 4 nitrogen and oxygen atoms in total. The Labute approximate surface area is 123 Å². The molecule has 20 heavy (non-hydrogen) atoms. The number of methoxy groups -OCH3 is 1. The zero-order valence-electron chi connectivity index (χ0n) is 11.9. The van der Waals surface area contributed by atoms with Gasteiger partial charge in [-0.1, -0.05) is 32.0 Å². The molecule has 108 valence electrons. The van der Waals surface area contributed by atoms with Gasteiger partial charge in [-0.05, 0) is 24.0 Å². The topological polar surface area (TPSA) is 55.4 Å². The first-order valence-corrected chi connectivity index (χ1v) is 7.53. The molecule has 0 saturated heterocycles. The van der Waals surface area contributed by atoms with Crippen LogP contribution in [0.5, 0.6) is 0 Å². The molecule has 2 atom stereocenters. The first-order chi connectivity index (χ1) is 9.52. The van der Waals surface area contributed by atoms with E-state index in [1.165, 1.54) is 12.7 Å². The number of hydrogen-bond donors (Lipinski definition) is 1. The van der Waals surface area contributed by atoms with Gasteiger partial charge < -0.3 is 10.1 Å². The largest absolute Gasteiger partial charge is 0.467 e. The molecule has 1 N–H and O–H groups in total. The van der Waals surface area contributed by atoms with Crippen molar-refractivity contribution in [2.45, 2.75) is 36.5 Å². The van der Waals surface area contributed by atoms with Crippen molar-refractivity contribution >= 4 is 23.6 Å². The summed E-state index contributed by atoms with van der Waals surface area (Å²) in [5.74, 6) is -0.496. The molecule has 0 aromatic heterocycles. The average molecular weight is 293 g/mol. The van der Waals surface area contributed by atoms with Crippen LogP contribution in [0.25, 0.3) is 0 Å². The van der Waals surface area contributed by atoms with Crippen LogP contribution in [0.4, 0.5) is 0 Å². The number of nitrogens with one attached hydrogen (secondary N) is 1. The number of ether oxygens (including phenoxy) is 1. The number of fused-ring (bicyclic) bond motifs is 1. The van der Waals surface area contributed by atoms with E-state index in [-0.39, 0.29) is 17.1 Å². The summed E-state index contributed by atoms with van der Waals surface area (Å²) in [5, 5.41) is 2.64. The third-order valence-corrected chi connectivity index (χ3v) is 4.68. The molecule has 1 aromatic carbocycles. The molecule has 5 heteroatoms. The summed E-state index contributed by atoms with van der Waals surface area (Å²) in [7, 11) is 1.34. The van der Waals surface area contributed by atoms with E-state index >= 15 is 0 Å². The van der Waals surface area contributed by atoms with Crippen molar-refractivity contribution in [3.05, 3.63) is 29.8 Å². The minimum atomic E-state index is -0.586. The van der Waals surface area contributed by atoms with Crippen LogP contribution in [0.1, 0.15) is 19.4 Å². The second-order valence-electron chi connectivity index (χ2n) is 5.17. The number of esters is 1. The fourth-order valence-electron chi connectivity index (χ4n) is 2.20. The van der Waals surface area contributed by atoms with Gasteiger partial charge in [-0.15, -0.1) is 11.8 Å². The Morgan fingerprint density at radius 2 is 2.05 bits per heavy atom. The van der Waals surface area contributed by atoms with Crippen LogP contribution in [-0.4, -0.2) is 30.3 Å². The van der Waals surface area contributed by atoms with Gasteiger partial charge in [-0.25, -0.2) is 4.79 Å². The molecule has 0 saturated carbocycles. The van der Waals surface area contributed by atoms with Crippen LogP contribution in [-0.2, 0) is 20.7 Å². The van der Waals surface area contributed by atoms with Gasteiger partial charge in [0.15, 0.2) is 0 Å². The fraction of sp³-hybridized carbons (Fsp3) is 0.467. The lowest BCUT2D eigenvalue weighted by Gasteiger charge is -2.21. The van der Waals surface area contributed by atoms with Crippen LogP contribution >= 0.6 is 11.8 Å². The highest BCUT2D eigenvalue weighted by Gasteiger charge is 2.32. The number of thioether (sulfide) groups is 1. The third-order valence-electron chi connectivity index (χ3n) is 3.36. The molecule has 2 rings (SSSR count). The highest BCUT2D eigenvalue weighted by atomic mass is 32.2. The van der Waals surface area contributed by atoms with E-state index in [1.54, 1.807) is 11.8 Å². The molecule has 0 radical (unpaired) electrons. The van der Waals surface area contributed by atoms with E-state index in [0.717, 1.165) is 4.90 Å². The fourth-order valence-corrected chi connectivity index (χ4v) is 3.40. The van der Waals surface area contributed by atoms with Gasteiger partial charge in [-0.2, -0.15) is 0 Å². The van der Waals surface area contributed by atoms with Crippen molar-refractivity contribution in [2.24, 2.45) is 5.92 Å². The van der Waals surface area contributed by atoms with E-state index in [1.807, 2.05) is 38.1 Å². The molecule has 1 amide bonds. The van der Waals surface area contributed by atoms with E-state index in [0.29, 0.717) is 6.42 Å². The number of hydrogen-bond acceptors (Lipinski definition) is 4. The van der Waals surface area contributed by atoms with Crippen molar-refractivity contribution in [1.29, 1.82) is 0 Å². The van der Waals surface area contributed by atoms with Crippen LogP contribution in [0.2, 0.25) is 0 Å². The van der Waals surface area contributed by atoms with E-state index in [2.05, 4.69) is 5.32 Å². The van der Waals surface area contributed by atoms with Crippen molar-refractivity contribution < 1.29 is 14.3 Å². The summed E-state index contributed by atoms with van der Waals surface area (Å²) in [5.41, 5.74) is 1.19. The van der Waals surface area contributed by atoms with Gasteiger partial charge in [0.2, 0.25) is 5.91 Å². The summed E-state index contributed by atoms with van der Waals surface area (Å²) >= 11 is 1.55. The molecule has 1 heterocycles. The van der Waals surface area contributed by atoms with Gasteiger partial charge in [0.25, 0.3) is 0 Å². The van der Waals surface area contributed by atoms with Gasteiger partial charge in [0.1, 0.15) is 6.04 Å². The normalized spacial score (nSPS) is 18.5. The Morgan fingerprint density at radius 1 is 1.35 bits per heavy atom. The van der Waals surface area contributed by atoms with Crippen LogP contribution in [0, 0.1) is 5.92 Å². The maximum atomic E-state index is 12.3. The second-order valence-corrected chi connectivity index (χ2v) is 6.42. The number of rotatable bonds is 4. The quantitative estimate of drug-likeness (QED) is 0.863. The van der Waals surface area contributed by atoms with Gasteiger partial charge in [0.05, 0.1) is 12.4 Å². The molecule has 0 aliphatic carbocycles. The summed E-state index contributed by atoms with van der Waals surface area (Å²) in [6.07, 6.45) is 0.707. The zero-order valence-corrected chi connectivity index (χ0v) is 12.7. The maximum Gasteiger partial charge on any atom is 0.328 e. The van der Waals surface area contributed by atoms with Crippen LogP contribution < -0.4 is 5.32 Å². The summed E-state index contributed by atoms with van der Waals surface area (Å²) < 4.78 is 4.74. The molecular weight excluding hydrogens is 274 g/mol. The monoisotopic (exact) mass is 293 g/mol. The lowest BCUT2D eigenvalue weighted by molar-refractivity contribution is -0.146. The van der Waals surface area contributed by atoms with Crippen molar-refractivity contribution in [3.8, 4) is 0 Å². The number of carbonyl (C=O) groups excluding carboxylic acids is 2. The molecule has 1 aliphatic rings. The molecule has 2 unspecified atom stereocenters. The first-order valence-electron chi connectivity index (χ1n) is 6.65. The SMILES string of the molecule is COC(=O)C(NC(=O)C1Cc2ccccc2S1)C(C)C. The van der Waals surface area contributed by atoms with Gasteiger partial charge in [0, 0.05) is 4.90 Å². The van der Waals surface area contributed by atoms with E-state index < -0.39 is 12.0 Å². The maximum absolute atomic E-state index is 12.3. The van der Waals surface area contributed by atoms with E-state index in [9.17, 15) is 9.59 Å².